The van der Waals surface area contributed by atoms with E-state index in [0.717, 1.165) is 25.9 Å². The summed E-state index contributed by atoms with van der Waals surface area (Å²) in [5.41, 5.74) is 0.731. The van der Waals surface area contributed by atoms with Crippen LogP contribution in [0.4, 0.5) is 0 Å². The smallest absolute Gasteiger partial charge is 0.203 e. The van der Waals surface area contributed by atoms with E-state index in [1.165, 1.54) is 0 Å². The van der Waals surface area contributed by atoms with E-state index in [0.29, 0.717) is 0 Å². The van der Waals surface area contributed by atoms with Crippen LogP contribution in [0.25, 0.3) is 16.3 Å². The van der Waals surface area contributed by atoms with Crippen LogP contribution in [0.1, 0.15) is 0 Å². The first-order valence-electron chi connectivity index (χ1n) is 4.93. The summed E-state index contributed by atoms with van der Waals surface area (Å²) in [4.78, 5) is 1.07. The van der Waals surface area contributed by atoms with Crippen LogP contribution in [0.2, 0.25) is 0 Å². The number of halogens is 1. The Hall–Kier alpha value is -1.40. The highest BCUT2D eigenvalue weighted by molar-refractivity contribution is 9.11. The second-order valence-corrected chi connectivity index (χ2v) is 5.86. The number of rotatable bonds is 2. The summed E-state index contributed by atoms with van der Waals surface area (Å²) in [5, 5.41) is 8.36. The lowest BCUT2D eigenvalue weighted by Gasteiger charge is -2.01. The second-order valence-electron chi connectivity index (χ2n) is 3.40. The summed E-state index contributed by atoms with van der Waals surface area (Å²) in [5.74, 6) is 1.55. The Balaban J connectivity index is 2.25. The fourth-order valence-corrected chi connectivity index (χ4v) is 3.02. The van der Waals surface area contributed by atoms with Crippen LogP contribution >= 0.6 is 27.3 Å². The molecular formula is C11H8BrN3OS. The first kappa shape index (κ1) is 10.7. The summed E-state index contributed by atoms with van der Waals surface area (Å²) in [7, 11) is 1.63. The van der Waals surface area contributed by atoms with Gasteiger partial charge in [-0.2, -0.15) is 0 Å². The molecule has 3 heterocycles. The molecule has 0 radical (unpaired) electrons. The van der Waals surface area contributed by atoms with Gasteiger partial charge in [0.2, 0.25) is 5.65 Å². The minimum Gasteiger partial charge on any atom is -0.493 e. The first-order valence-corrected chi connectivity index (χ1v) is 6.54. The molecule has 3 aromatic rings. The van der Waals surface area contributed by atoms with Gasteiger partial charge in [0.15, 0.2) is 11.6 Å². The Morgan fingerprint density at radius 2 is 2.18 bits per heavy atom. The number of aromatic nitrogens is 3. The van der Waals surface area contributed by atoms with E-state index in [1.54, 1.807) is 18.4 Å². The lowest BCUT2D eigenvalue weighted by Crippen LogP contribution is -1.90. The van der Waals surface area contributed by atoms with Crippen LogP contribution in [-0.2, 0) is 0 Å². The molecule has 0 aliphatic heterocycles. The molecule has 0 amide bonds. The van der Waals surface area contributed by atoms with Gasteiger partial charge in [-0.3, -0.25) is 4.40 Å². The summed E-state index contributed by atoms with van der Waals surface area (Å²) >= 11 is 5.07. The van der Waals surface area contributed by atoms with Crippen molar-refractivity contribution in [3.63, 3.8) is 0 Å². The summed E-state index contributed by atoms with van der Waals surface area (Å²) < 4.78 is 8.26. The molecular weight excluding hydrogens is 302 g/mol. The molecule has 0 aliphatic carbocycles. The van der Waals surface area contributed by atoms with Crippen molar-refractivity contribution < 1.29 is 4.74 Å². The van der Waals surface area contributed by atoms with Crippen molar-refractivity contribution in [2.75, 3.05) is 7.11 Å². The van der Waals surface area contributed by atoms with Crippen molar-refractivity contribution in [1.29, 1.82) is 0 Å². The zero-order valence-electron chi connectivity index (χ0n) is 8.92. The predicted molar refractivity (Wildman–Crippen MR) is 70.6 cm³/mol. The molecule has 3 rings (SSSR count). The second kappa shape index (κ2) is 4.12. The van der Waals surface area contributed by atoms with Crippen molar-refractivity contribution in [2.45, 2.75) is 0 Å². The Labute approximate surface area is 110 Å². The molecule has 86 valence electrons. The normalized spacial score (nSPS) is 10.9. The lowest BCUT2D eigenvalue weighted by molar-refractivity contribution is 0.417. The highest BCUT2D eigenvalue weighted by Crippen LogP contribution is 2.31. The quantitative estimate of drug-likeness (QED) is 0.729. The maximum atomic E-state index is 5.25. The standard InChI is InChI=1S/C11H8BrN3OS/c1-16-7-3-2-6-15-10(7)13-14-11(15)8-4-5-9(12)17-8/h2-6H,1H3. The topological polar surface area (TPSA) is 39.4 Å². The van der Waals surface area contributed by atoms with Gasteiger partial charge in [-0.05, 0) is 40.2 Å². The maximum Gasteiger partial charge on any atom is 0.203 e. The third-order valence-corrected chi connectivity index (χ3v) is 4.03. The van der Waals surface area contributed by atoms with Crippen LogP contribution in [0.5, 0.6) is 5.75 Å². The van der Waals surface area contributed by atoms with Gasteiger partial charge in [-0.1, -0.05) is 0 Å². The molecule has 3 aromatic heterocycles. The molecule has 0 unspecified atom stereocenters. The monoisotopic (exact) mass is 309 g/mol. The minimum atomic E-state index is 0.724. The number of pyridine rings is 1. The van der Waals surface area contributed by atoms with Gasteiger partial charge in [0.1, 0.15) is 0 Å². The molecule has 0 bridgehead atoms. The first-order chi connectivity index (χ1) is 8.29. The molecule has 0 atom stereocenters. The van der Waals surface area contributed by atoms with E-state index >= 15 is 0 Å². The molecule has 0 N–H and O–H groups in total. The van der Waals surface area contributed by atoms with E-state index in [-0.39, 0.29) is 0 Å². The van der Waals surface area contributed by atoms with E-state index in [2.05, 4.69) is 26.1 Å². The van der Waals surface area contributed by atoms with Crippen LogP contribution in [0.3, 0.4) is 0 Å². The van der Waals surface area contributed by atoms with Crippen molar-refractivity contribution in [2.24, 2.45) is 0 Å². The summed E-state index contributed by atoms with van der Waals surface area (Å²) in [6, 6.07) is 7.81. The fourth-order valence-electron chi connectivity index (χ4n) is 1.65. The molecule has 4 nitrogen and oxygen atoms in total. The number of methoxy groups -OCH3 is 1. The molecule has 0 saturated heterocycles. The number of hydrogen-bond acceptors (Lipinski definition) is 4. The van der Waals surface area contributed by atoms with E-state index in [1.807, 2.05) is 34.9 Å². The number of fused-ring (bicyclic) bond motifs is 1. The van der Waals surface area contributed by atoms with Crippen molar-refractivity contribution in [1.82, 2.24) is 14.6 Å². The SMILES string of the molecule is COc1cccn2c(-c3ccc(Br)s3)nnc12. The molecule has 6 heteroatoms. The molecule has 0 aliphatic rings. The third-order valence-electron chi connectivity index (χ3n) is 2.41. The van der Waals surface area contributed by atoms with Gasteiger partial charge in [-0.25, -0.2) is 0 Å². The Kier molecular flexibility index (Phi) is 2.60. The van der Waals surface area contributed by atoms with Gasteiger partial charge in [0, 0.05) is 6.20 Å². The maximum absolute atomic E-state index is 5.25. The van der Waals surface area contributed by atoms with Gasteiger partial charge >= 0.3 is 0 Å². The predicted octanol–water partition coefficient (Wildman–Crippen LogP) is 3.23. The Morgan fingerprint density at radius 3 is 2.88 bits per heavy atom. The zero-order valence-corrected chi connectivity index (χ0v) is 11.3. The van der Waals surface area contributed by atoms with Crippen molar-refractivity contribution in [3.05, 3.63) is 34.2 Å². The van der Waals surface area contributed by atoms with Crippen molar-refractivity contribution in [3.8, 4) is 16.5 Å². The number of nitrogens with zero attached hydrogens (tertiary/aromatic N) is 3. The highest BCUT2D eigenvalue weighted by Gasteiger charge is 2.12. The molecule has 0 spiro atoms. The van der Waals surface area contributed by atoms with Gasteiger partial charge in [-0.15, -0.1) is 21.5 Å². The fraction of sp³-hybridized carbons (Fsp3) is 0.0909. The average molecular weight is 310 g/mol. The van der Waals surface area contributed by atoms with Crippen LogP contribution in [0.15, 0.2) is 34.2 Å². The third kappa shape index (κ3) is 1.73. The van der Waals surface area contributed by atoms with Crippen LogP contribution < -0.4 is 4.74 Å². The van der Waals surface area contributed by atoms with E-state index < -0.39 is 0 Å². The van der Waals surface area contributed by atoms with Crippen LogP contribution in [0, 0.1) is 0 Å². The largest absolute Gasteiger partial charge is 0.493 e. The van der Waals surface area contributed by atoms with E-state index in [4.69, 9.17) is 4.74 Å². The van der Waals surface area contributed by atoms with Crippen molar-refractivity contribution >= 4 is 32.9 Å². The van der Waals surface area contributed by atoms with Gasteiger partial charge in [0.05, 0.1) is 15.8 Å². The van der Waals surface area contributed by atoms with E-state index in [9.17, 15) is 0 Å². The Bertz CT molecular complexity index is 676. The zero-order chi connectivity index (χ0) is 11.8. The van der Waals surface area contributed by atoms with Gasteiger partial charge < -0.3 is 4.74 Å². The van der Waals surface area contributed by atoms with Crippen LogP contribution in [-0.4, -0.2) is 21.7 Å². The number of ether oxygens (including phenoxy) is 1. The average Bonchev–Trinajstić information content (AvgIpc) is 2.94. The summed E-state index contributed by atoms with van der Waals surface area (Å²) in [6.45, 7) is 0. The Morgan fingerprint density at radius 1 is 1.29 bits per heavy atom. The molecule has 0 fully saturated rings. The molecule has 17 heavy (non-hydrogen) atoms. The number of thiophene rings is 1. The summed E-state index contributed by atoms with van der Waals surface area (Å²) in [6.07, 6.45) is 1.93. The molecule has 0 saturated carbocycles. The number of hydrogen-bond donors (Lipinski definition) is 0. The van der Waals surface area contributed by atoms with Gasteiger partial charge in [0.25, 0.3) is 0 Å². The minimum absolute atomic E-state index is 0.724. The highest BCUT2D eigenvalue weighted by atomic mass is 79.9. The lowest BCUT2D eigenvalue weighted by atomic mass is 10.4. The molecule has 0 aromatic carbocycles.